The van der Waals surface area contributed by atoms with E-state index >= 15 is 0 Å². The summed E-state index contributed by atoms with van der Waals surface area (Å²) in [5.74, 6) is -1.29. The first-order chi connectivity index (χ1) is 15.4. The Morgan fingerprint density at radius 2 is 0.719 bits per heavy atom. The van der Waals surface area contributed by atoms with E-state index in [0.717, 1.165) is 0 Å². The molecule has 2 N–H and O–H groups in total. The predicted octanol–water partition coefficient (Wildman–Crippen LogP) is 2.67. The maximum absolute atomic E-state index is 13.3. The van der Waals surface area contributed by atoms with Crippen LogP contribution in [0.4, 0.5) is 0 Å². The van der Waals surface area contributed by atoms with Crippen molar-refractivity contribution in [2.24, 2.45) is 0 Å². The molecule has 32 heavy (non-hydrogen) atoms. The quantitative estimate of drug-likeness (QED) is 0.626. The largest absolute Gasteiger partial charge is 0.297 e. The number of rotatable bonds is 4. The molecule has 0 saturated carbocycles. The molecule has 0 fully saturated rings. The van der Waals surface area contributed by atoms with E-state index in [0.29, 0.717) is 33.4 Å². The van der Waals surface area contributed by atoms with E-state index < -0.39 is 11.1 Å². The summed E-state index contributed by atoms with van der Waals surface area (Å²) in [5, 5.41) is 5.87. The zero-order chi connectivity index (χ0) is 22.7. The fraction of sp³-hybridized carbons (Fsp3) is 0.154. The van der Waals surface area contributed by atoms with Crippen molar-refractivity contribution in [1.29, 1.82) is 0 Å². The van der Waals surface area contributed by atoms with Crippen LogP contribution in [0.25, 0.3) is 0 Å². The summed E-state index contributed by atoms with van der Waals surface area (Å²) in [7, 11) is 3.15. The molecule has 0 saturated heterocycles. The number of ketones is 4. The average Bonchev–Trinajstić information content (AvgIpc) is 3.20. The first-order valence-corrected chi connectivity index (χ1v) is 10.3. The summed E-state index contributed by atoms with van der Waals surface area (Å²) in [5.41, 5.74) is -0.672. The number of fused-ring (bicyclic) bond motifs is 2. The van der Waals surface area contributed by atoms with Crippen molar-refractivity contribution < 1.29 is 19.2 Å². The van der Waals surface area contributed by atoms with Crippen LogP contribution in [0.3, 0.4) is 0 Å². The van der Waals surface area contributed by atoms with Crippen molar-refractivity contribution >= 4 is 23.1 Å². The predicted molar refractivity (Wildman–Crippen MR) is 118 cm³/mol. The van der Waals surface area contributed by atoms with Crippen molar-refractivity contribution in [2.75, 3.05) is 14.1 Å². The van der Waals surface area contributed by atoms with Crippen LogP contribution in [0.1, 0.15) is 52.6 Å². The number of benzene rings is 3. The van der Waals surface area contributed by atoms with E-state index in [2.05, 4.69) is 10.6 Å². The summed E-state index contributed by atoms with van der Waals surface area (Å²) >= 11 is 0. The van der Waals surface area contributed by atoms with Crippen LogP contribution < -0.4 is 10.6 Å². The topological polar surface area (TPSA) is 92.3 Å². The monoisotopic (exact) mass is 424 g/mol. The molecule has 3 aromatic carbocycles. The molecule has 2 aliphatic rings. The van der Waals surface area contributed by atoms with Gasteiger partial charge in [0.15, 0.2) is 34.2 Å². The van der Waals surface area contributed by atoms with Crippen molar-refractivity contribution in [3.05, 3.63) is 106 Å². The van der Waals surface area contributed by atoms with Gasteiger partial charge in [0.1, 0.15) is 0 Å². The van der Waals surface area contributed by atoms with Gasteiger partial charge in [-0.05, 0) is 25.2 Å². The molecule has 0 aliphatic heterocycles. The van der Waals surface area contributed by atoms with Gasteiger partial charge in [-0.2, -0.15) is 0 Å². The van der Waals surface area contributed by atoms with Crippen molar-refractivity contribution in [1.82, 2.24) is 10.6 Å². The third-order valence-corrected chi connectivity index (χ3v) is 6.70. The highest BCUT2D eigenvalue weighted by Gasteiger charge is 2.55. The standard InChI is InChI=1S/C26H20N2O4/c1-27-25(21(29)17-7-3-4-8-18(17)22(25)30)15-11-13-16(14-12-15)26(28-2)23(31)19-9-5-6-10-20(19)24(26)32/h3-14,27-28H,1-2H3. The fourth-order valence-electron chi connectivity index (χ4n) is 5.01. The first-order valence-electron chi connectivity index (χ1n) is 10.3. The Balaban J connectivity index is 1.61. The highest BCUT2D eigenvalue weighted by molar-refractivity contribution is 6.34. The van der Waals surface area contributed by atoms with Gasteiger partial charge >= 0.3 is 0 Å². The highest BCUT2D eigenvalue weighted by atomic mass is 16.2. The number of nitrogens with one attached hydrogen (secondary N) is 2. The number of hydrogen-bond acceptors (Lipinski definition) is 6. The number of carbonyl (C=O) groups is 4. The molecule has 0 bridgehead atoms. The second-order valence-electron chi connectivity index (χ2n) is 7.99. The van der Waals surface area contributed by atoms with Gasteiger partial charge in [-0.25, -0.2) is 0 Å². The van der Waals surface area contributed by atoms with Crippen LogP contribution in [0.2, 0.25) is 0 Å². The van der Waals surface area contributed by atoms with E-state index in [1.54, 1.807) is 86.9 Å². The Labute approximate surface area is 184 Å². The Kier molecular flexibility index (Phi) is 4.34. The molecule has 2 aliphatic carbocycles. The van der Waals surface area contributed by atoms with Gasteiger partial charge < -0.3 is 0 Å². The minimum atomic E-state index is -1.54. The van der Waals surface area contributed by atoms with Crippen LogP contribution in [0, 0.1) is 0 Å². The molecule has 0 radical (unpaired) electrons. The molecule has 6 nitrogen and oxygen atoms in total. The second-order valence-corrected chi connectivity index (χ2v) is 7.99. The van der Waals surface area contributed by atoms with Crippen molar-refractivity contribution in [3.63, 3.8) is 0 Å². The van der Waals surface area contributed by atoms with Crippen molar-refractivity contribution in [3.8, 4) is 0 Å². The summed E-state index contributed by atoms with van der Waals surface area (Å²) in [6.07, 6.45) is 0. The van der Waals surface area contributed by atoms with Gasteiger partial charge in [0.05, 0.1) is 0 Å². The Bertz CT molecular complexity index is 1150. The van der Waals surface area contributed by atoms with Gasteiger partial charge in [0, 0.05) is 22.3 Å². The maximum atomic E-state index is 13.3. The van der Waals surface area contributed by atoms with E-state index in [4.69, 9.17) is 0 Å². The molecule has 0 aromatic heterocycles. The number of Topliss-reactive ketones (excluding diaryl/α,β-unsaturated/α-hetero) is 4. The molecule has 0 spiro atoms. The highest BCUT2D eigenvalue weighted by Crippen LogP contribution is 2.40. The molecule has 0 amide bonds. The maximum Gasteiger partial charge on any atom is 0.196 e. The van der Waals surface area contributed by atoms with Crippen LogP contribution in [-0.2, 0) is 11.1 Å². The third-order valence-electron chi connectivity index (χ3n) is 6.70. The average molecular weight is 424 g/mol. The normalized spacial score (nSPS) is 18.1. The lowest BCUT2D eigenvalue weighted by Crippen LogP contribution is -2.51. The molecule has 0 heterocycles. The molecular formula is C26H20N2O4. The zero-order valence-electron chi connectivity index (χ0n) is 17.6. The Morgan fingerprint density at radius 1 is 0.469 bits per heavy atom. The smallest absolute Gasteiger partial charge is 0.196 e. The molecule has 158 valence electrons. The van der Waals surface area contributed by atoms with Crippen LogP contribution in [-0.4, -0.2) is 37.2 Å². The summed E-state index contributed by atoms with van der Waals surface area (Å²) in [6, 6.07) is 20.0. The third kappa shape index (κ3) is 2.25. The first kappa shape index (κ1) is 20.2. The number of hydrogen-bond donors (Lipinski definition) is 2. The fourth-order valence-corrected chi connectivity index (χ4v) is 5.01. The Hall–Kier alpha value is -3.74. The van der Waals surface area contributed by atoms with E-state index in [9.17, 15) is 19.2 Å². The van der Waals surface area contributed by atoms with Gasteiger partial charge in [-0.15, -0.1) is 0 Å². The lowest BCUT2D eigenvalue weighted by molar-refractivity contribution is 0.0746. The number of carbonyl (C=O) groups excluding carboxylic acids is 4. The molecule has 0 atom stereocenters. The van der Waals surface area contributed by atoms with E-state index in [1.165, 1.54) is 0 Å². The van der Waals surface area contributed by atoms with Gasteiger partial charge in [0.25, 0.3) is 0 Å². The zero-order valence-corrected chi connectivity index (χ0v) is 17.6. The van der Waals surface area contributed by atoms with Crippen molar-refractivity contribution in [2.45, 2.75) is 11.1 Å². The molecule has 3 aromatic rings. The van der Waals surface area contributed by atoms with Gasteiger partial charge in [-0.1, -0.05) is 72.8 Å². The SMILES string of the molecule is CNC1(c2ccc(C3(NC)C(=O)c4ccccc4C3=O)cc2)C(=O)c2ccccc2C1=O. The molecule has 0 unspecified atom stereocenters. The minimum absolute atomic E-state index is 0.322. The summed E-state index contributed by atoms with van der Waals surface area (Å²) < 4.78 is 0. The molecule has 5 rings (SSSR count). The Morgan fingerprint density at radius 3 is 0.938 bits per heavy atom. The lowest BCUT2D eigenvalue weighted by Gasteiger charge is -2.29. The van der Waals surface area contributed by atoms with Crippen LogP contribution in [0.5, 0.6) is 0 Å². The summed E-state index contributed by atoms with van der Waals surface area (Å²) in [4.78, 5) is 53.1. The van der Waals surface area contributed by atoms with Crippen LogP contribution in [0.15, 0.2) is 72.8 Å². The van der Waals surface area contributed by atoms with E-state index in [1.807, 2.05) is 0 Å². The molecule has 6 heteroatoms. The van der Waals surface area contributed by atoms with E-state index in [-0.39, 0.29) is 23.1 Å². The lowest BCUT2D eigenvalue weighted by atomic mass is 9.81. The van der Waals surface area contributed by atoms with Gasteiger partial charge in [0.2, 0.25) is 0 Å². The minimum Gasteiger partial charge on any atom is -0.297 e. The van der Waals surface area contributed by atoms with Crippen LogP contribution >= 0.6 is 0 Å². The number of likely N-dealkylation sites (N-methyl/N-ethyl adjacent to an activating group) is 2. The second kappa shape index (κ2) is 6.88. The molecular weight excluding hydrogens is 404 g/mol. The summed E-state index contributed by atoms with van der Waals surface area (Å²) in [6.45, 7) is 0. The van der Waals surface area contributed by atoms with Gasteiger partial charge in [-0.3, -0.25) is 29.8 Å².